The molecule has 0 aliphatic heterocycles. The quantitative estimate of drug-likeness (QED) is 0.607. The summed E-state index contributed by atoms with van der Waals surface area (Å²) < 4.78 is 0. The second kappa shape index (κ2) is 7.29. The zero-order valence-corrected chi connectivity index (χ0v) is 15.5. The van der Waals surface area contributed by atoms with Crippen LogP contribution in [0.4, 0.5) is 0 Å². The number of hydrogen-bond acceptors (Lipinski definition) is 2. The first-order chi connectivity index (χ1) is 11.3. The molecule has 24 heavy (non-hydrogen) atoms. The van der Waals surface area contributed by atoms with Crippen LogP contribution in [0.15, 0.2) is 47.1 Å². The highest BCUT2D eigenvalue weighted by Crippen LogP contribution is 2.34. The number of carbonyl (C=O) groups excluding carboxylic acids is 2. The number of ketones is 2. The van der Waals surface area contributed by atoms with Crippen LogP contribution < -0.4 is 0 Å². The molecular weight excluding hydrogens is 296 g/mol. The van der Waals surface area contributed by atoms with Gasteiger partial charge in [-0.3, -0.25) is 9.59 Å². The molecule has 2 rings (SSSR count). The van der Waals surface area contributed by atoms with Crippen molar-refractivity contribution < 1.29 is 9.59 Å². The van der Waals surface area contributed by atoms with E-state index in [-0.39, 0.29) is 17.0 Å². The van der Waals surface area contributed by atoms with E-state index in [4.69, 9.17) is 0 Å². The first-order valence-electron chi connectivity index (χ1n) is 8.85. The molecule has 2 heteroatoms. The van der Waals surface area contributed by atoms with Gasteiger partial charge in [-0.05, 0) is 32.1 Å². The Morgan fingerprint density at radius 2 is 1.67 bits per heavy atom. The standard InChI is InChI=1S/C22H28O2/c1-6-7-14-22(4,5)15(2)12-13-17-16(3)20(23)18-10-8-9-11-19(18)21(17)24/h8-12H,6-7,13-14H2,1-5H3/b15-12+. The van der Waals surface area contributed by atoms with E-state index in [1.54, 1.807) is 19.1 Å². The highest BCUT2D eigenvalue weighted by molar-refractivity contribution is 6.26. The molecule has 0 N–H and O–H groups in total. The van der Waals surface area contributed by atoms with E-state index in [9.17, 15) is 9.59 Å². The van der Waals surface area contributed by atoms with Gasteiger partial charge in [0.2, 0.25) is 0 Å². The average Bonchev–Trinajstić information content (AvgIpc) is 2.57. The molecule has 0 bridgehead atoms. The molecule has 0 spiro atoms. The minimum Gasteiger partial charge on any atom is -0.289 e. The van der Waals surface area contributed by atoms with Crippen LogP contribution in [-0.2, 0) is 0 Å². The van der Waals surface area contributed by atoms with Crippen molar-refractivity contribution in [3.05, 3.63) is 58.2 Å². The van der Waals surface area contributed by atoms with Crippen molar-refractivity contribution >= 4 is 11.6 Å². The van der Waals surface area contributed by atoms with Gasteiger partial charge in [0.05, 0.1) is 0 Å². The molecule has 0 saturated heterocycles. The Labute approximate surface area is 145 Å². The zero-order valence-electron chi connectivity index (χ0n) is 15.5. The minimum atomic E-state index is -0.0171. The lowest BCUT2D eigenvalue weighted by Crippen LogP contribution is -2.21. The Hall–Kier alpha value is -1.96. The summed E-state index contributed by atoms with van der Waals surface area (Å²) in [6.07, 6.45) is 6.19. The van der Waals surface area contributed by atoms with Crippen LogP contribution in [-0.4, -0.2) is 11.6 Å². The SMILES string of the molecule is CCCCC(C)(C)/C(C)=C/CC1=C(C)C(=O)c2ccccc2C1=O. The summed E-state index contributed by atoms with van der Waals surface area (Å²) in [5.74, 6) is -0.0189. The number of allylic oxidation sites excluding steroid dienone is 4. The topological polar surface area (TPSA) is 34.1 Å². The number of fused-ring (bicyclic) bond motifs is 1. The summed E-state index contributed by atoms with van der Waals surface area (Å²) in [5.41, 5.74) is 3.73. The predicted molar refractivity (Wildman–Crippen MR) is 99.5 cm³/mol. The zero-order chi connectivity index (χ0) is 17.9. The van der Waals surface area contributed by atoms with Crippen molar-refractivity contribution in [3.63, 3.8) is 0 Å². The predicted octanol–water partition coefficient (Wildman–Crippen LogP) is 5.93. The largest absolute Gasteiger partial charge is 0.289 e. The molecule has 0 heterocycles. The van der Waals surface area contributed by atoms with Gasteiger partial charge in [-0.15, -0.1) is 0 Å². The number of benzene rings is 1. The van der Waals surface area contributed by atoms with Gasteiger partial charge >= 0.3 is 0 Å². The van der Waals surface area contributed by atoms with Crippen molar-refractivity contribution in [2.75, 3.05) is 0 Å². The van der Waals surface area contributed by atoms with Crippen LogP contribution in [0.5, 0.6) is 0 Å². The number of rotatable bonds is 6. The third-order valence-corrected chi connectivity index (χ3v) is 5.32. The monoisotopic (exact) mass is 324 g/mol. The van der Waals surface area contributed by atoms with E-state index in [2.05, 4.69) is 33.8 Å². The highest BCUT2D eigenvalue weighted by Gasteiger charge is 2.29. The summed E-state index contributed by atoms with van der Waals surface area (Å²) in [4.78, 5) is 25.3. The molecule has 1 aliphatic carbocycles. The third kappa shape index (κ3) is 3.58. The molecule has 0 atom stereocenters. The molecule has 1 aliphatic rings. The number of Topliss-reactive ketones (excluding diaryl/α,β-unsaturated/α-hetero) is 2. The lowest BCUT2D eigenvalue weighted by molar-refractivity contribution is 0.0973. The van der Waals surface area contributed by atoms with Crippen molar-refractivity contribution in [3.8, 4) is 0 Å². The molecule has 0 radical (unpaired) electrons. The van der Waals surface area contributed by atoms with Gasteiger partial charge in [0.25, 0.3) is 0 Å². The van der Waals surface area contributed by atoms with Gasteiger partial charge in [-0.25, -0.2) is 0 Å². The van der Waals surface area contributed by atoms with E-state index in [0.29, 0.717) is 28.7 Å². The second-order valence-corrected chi connectivity index (χ2v) is 7.39. The third-order valence-electron chi connectivity index (χ3n) is 5.32. The van der Waals surface area contributed by atoms with Gasteiger partial charge in [0.1, 0.15) is 0 Å². The van der Waals surface area contributed by atoms with Gasteiger partial charge in [0, 0.05) is 22.3 Å². The minimum absolute atomic E-state index is 0.00175. The fourth-order valence-electron chi connectivity index (χ4n) is 3.14. The summed E-state index contributed by atoms with van der Waals surface area (Å²) in [5, 5.41) is 0. The van der Waals surface area contributed by atoms with Crippen LogP contribution in [0.3, 0.4) is 0 Å². The Balaban J connectivity index is 2.27. The lowest BCUT2D eigenvalue weighted by Gasteiger charge is -2.26. The van der Waals surface area contributed by atoms with E-state index in [0.717, 1.165) is 6.42 Å². The van der Waals surface area contributed by atoms with Gasteiger partial charge < -0.3 is 0 Å². The molecule has 1 aromatic carbocycles. The Morgan fingerprint density at radius 1 is 1.08 bits per heavy atom. The Kier molecular flexibility index (Phi) is 5.58. The van der Waals surface area contributed by atoms with Crippen LogP contribution in [0.25, 0.3) is 0 Å². The normalized spacial score (nSPS) is 15.8. The average molecular weight is 324 g/mol. The van der Waals surface area contributed by atoms with Crippen molar-refractivity contribution in [2.45, 2.75) is 60.3 Å². The molecule has 0 saturated carbocycles. The lowest BCUT2D eigenvalue weighted by atomic mass is 9.78. The smallest absolute Gasteiger partial charge is 0.190 e. The molecular formula is C22H28O2. The van der Waals surface area contributed by atoms with Crippen LogP contribution in [0, 0.1) is 5.41 Å². The van der Waals surface area contributed by atoms with E-state index >= 15 is 0 Å². The highest BCUT2D eigenvalue weighted by atomic mass is 16.1. The maximum atomic E-state index is 12.8. The van der Waals surface area contributed by atoms with Gasteiger partial charge in [-0.2, -0.15) is 0 Å². The first kappa shape index (κ1) is 18.4. The molecule has 0 unspecified atom stereocenters. The first-order valence-corrected chi connectivity index (χ1v) is 8.85. The second-order valence-electron chi connectivity index (χ2n) is 7.39. The maximum Gasteiger partial charge on any atom is 0.190 e. The van der Waals surface area contributed by atoms with E-state index < -0.39 is 0 Å². The Bertz CT molecular complexity index is 717. The number of hydrogen-bond donors (Lipinski definition) is 0. The van der Waals surface area contributed by atoms with E-state index in [1.165, 1.54) is 18.4 Å². The fraction of sp³-hybridized carbons (Fsp3) is 0.455. The summed E-state index contributed by atoms with van der Waals surface area (Å²) in [6, 6.07) is 7.12. The number of carbonyl (C=O) groups is 2. The molecule has 1 aromatic rings. The maximum absolute atomic E-state index is 12.8. The number of unbranched alkanes of at least 4 members (excludes halogenated alkanes) is 1. The van der Waals surface area contributed by atoms with Gasteiger partial charge in [-0.1, -0.05) is 69.5 Å². The fourth-order valence-corrected chi connectivity index (χ4v) is 3.14. The summed E-state index contributed by atoms with van der Waals surface area (Å²) in [7, 11) is 0. The molecule has 2 nitrogen and oxygen atoms in total. The molecule has 128 valence electrons. The summed E-state index contributed by atoms with van der Waals surface area (Å²) >= 11 is 0. The van der Waals surface area contributed by atoms with Crippen LogP contribution in [0.1, 0.15) is 81.0 Å². The van der Waals surface area contributed by atoms with Crippen LogP contribution >= 0.6 is 0 Å². The molecule has 0 fully saturated rings. The van der Waals surface area contributed by atoms with Crippen molar-refractivity contribution in [1.82, 2.24) is 0 Å². The van der Waals surface area contributed by atoms with Crippen LogP contribution in [0.2, 0.25) is 0 Å². The summed E-state index contributed by atoms with van der Waals surface area (Å²) in [6.45, 7) is 10.6. The molecule has 0 aromatic heterocycles. The van der Waals surface area contributed by atoms with Crippen molar-refractivity contribution in [1.29, 1.82) is 0 Å². The van der Waals surface area contributed by atoms with Gasteiger partial charge in [0.15, 0.2) is 11.6 Å². The molecule has 0 amide bonds. The van der Waals surface area contributed by atoms with Crippen molar-refractivity contribution in [2.24, 2.45) is 5.41 Å². The van der Waals surface area contributed by atoms with E-state index in [1.807, 2.05) is 12.1 Å². The Morgan fingerprint density at radius 3 is 2.25 bits per heavy atom.